The van der Waals surface area contributed by atoms with Crippen molar-refractivity contribution in [3.63, 3.8) is 0 Å². The van der Waals surface area contributed by atoms with Gasteiger partial charge in [-0.25, -0.2) is 0 Å². The summed E-state index contributed by atoms with van der Waals surface area (Å²) in [4.78, 5) is 6.93. The third-order valence-electron chi connectivity index (χ3n) is 3.21. The first-order valence-electron chi connectivity index (χ1n) is 6.54. The molecule has 1 unspecified atom stereocenters. The number of hydrogen-bond donors (Lipinski definition) is 2. The number of nitrogens with two attached hydrogens (primary N) is 1. The van der Waals surface area contributed by atoms with Crippen LogP contribution in [0.15, 0.2) is 4.99 Å². The van der Waals surface area contributed by atoms with Gasteiger partial charge in [-0.05, 0) is 44.4 Å². The maximum absolute atomic E-state index is 5.83. The lowest BCUT2D eigenvalue weighted by atomic mass is 10.2. The van der Waals surface area contributed by atoms with Crippen LogP contribution in [0.25, 0.3) is 0 Å². The van der Waals surface area contributed by atoms with E-state index in [-0.39, 0.29) is 24.0 Å². The molecule has 0 aromatic rings. The molecule has 0 aromatic heterocycles. The number of aliphatic imine (C=N–C) groups is 1. The molecule has 1 atom stereocenters. The van der Waals surface area contributed by atoms with Crippen LogP contribution in [0.3, 0.4) is 0 Å². The predicted molar refractivity (Wildman–Crippen MR) is 93.2 cm³/mol. The summed E-state index contributed by atoms with van der Waals surface area (Å²) in [6.07, 6.45) is 5.82. The molecule has 0 aliphatic carbocycles. The van der Waals surface area contributed by atoms with E-state index in [2.05, 4.69) is 28.4 Å². The lowest BCUT2D eigenvalue weighted by Crippen LogP contribution is -2.36. The molecule has 1 rings (SSSR count). The van der Waals surface area contributed by atoms with Gasteiger partial charge >= 0.3 is 0 Å². The van der Waals surface area contributed by atoms with Crippen molar-refractivity contribution in [2.45, 2.75) is 32.2 Å². The Labute approximate surface area is 133 Å². The minimum absolute atomic E-state index is 0. The topological polar surface area (TPSA) is 53.6 Å². The number of rotatable bonds is 7. The summed E-state index contributed by atoms with van der Waals surface area (Å²) in [6.45, 7) is 6.33. The third kappa shape index (κ3) is 7.04. The number of hydrogen-bond acceptors (Lipinski definition) is 3. The van der Waals surface area contributed by atoms with Crippen LogP contribution in [0.2, 0.25) is 0 Å². The lowest BCUT2D eigenvalue weighted by Gasteiger charge is -2.20. The monoisotopic (exact) mass is 386 g/mol. The van der Waals surface area contributed by atoms with E-state index in [0.29, 0.717) is 12.0 Å². The Bertz CT molecular complexity index is 238. The Hall–Kier alpha value is 0.310. The first kappa shape index (κ1) is 18.3. The van der Waals surface area contributed by atoms with Crippen LogP contribution in [0, 0.1) is 0 Å². The summed E-state index contributed by atoms with van der Waals surface area (Å²) in [5.41, 5.74) is 5.83. The molecule has 1 aliphatic rings. The summed E-state index contributed by atoms with van der Waals surface area (Å²) in [5.74, 6) is 1.78. The second-order valence-corrected chi connectivity index (χ2v) is 5.41. The molecule has 0 spiro atoms. The normalized spacial score (nSPS) is 20.8. The van der Waals surface area contributed by atoms with Gasteiger partial charge in [0.25, 0.3) is 0 Å². The zero-order valence-corrected chi connectivity index (χ0v) is 14.7. The molecule has 1 heterocycles. The van der Waals surface area contributed by atoms with Crippen LogP contribution >= 0.6 is 35.7 Å². The smallest absolute Gasteiger partial charge is 0.188 e. The van der Waals surface area contributed by atoms with Crippen LogP contribution in [0.5, 0.6) is 0 Å². The minimum Gasteiger partial charge on any atom is -0.370 e. The first-order valence-corrected chi connectivity index (χ1v) is 7.94. The van der Waals surface area contributed by atoms with Gasteiger partial charge in [0.05, 0.1) is 6.54 Å². The van der Waals surface area contributed by atoms with Gasteiger partial charge in [-0.15, -0.1) is 24.0 Å². The van der Waals surface area contributed by atoms with E-state index in [1.807, 2.05) is 11.8 Å². The van der Waals surface area contributed by atoms with Crippen molar-refractivity contribution in [3.05, 3.63) is 0 Å². The van der Waals surface area contributed by atoms with Gasteiger partial charge < -0.3 is 11.1 Å². The van der Waals surface area contributed by atoms with E-state index in [1.54, 1.807) is 0 Å². The van der Waals surface area contributed by atoms with Gasteiger partial charge in [0.15, 0.2) is 5.96 Å². The molecule has 1 aliphatic heterocycles. The van der Waals surface area contributed by atoms with E-state index < -0.39 is 0 Å². The van der Waals surface area contributed by atoms with E-state index in [9.17, 15) is 0 Å². The number of halogens is 1. The Morgan fingerprint density at radius 2 is 2.33 bits per heavy atom. The fourth-order valence-corrected chi connectivity index (χ4v) is 2.64. The van der Waals surface area contributed by atoms with Gasteiger partial charge in [-0.1, -0.05) is 6.92 Å². The van der Waals surface area contributed by atoms with E-state index in [0.717, 1.165) is 26.1 Å². The molecule has 1 saturated heterocycles. The summed E-state index contributed by atoms with van der Waals surface area (Å²) in [5, 5.41) is 3.17. The van der Waals surface area contributed by atoms with Gasteiger partial charge in [0, 0.05) is 12.6 Å². The predicted octanol–water partition coefficient (Wildman–Crippen LogP) is 1.75. The van der Waals surface area contributed by atoms with Crippen LogP contribution in [0.1, 0.15) is 26.2 Å². The standard InChI is InChI=1S/C12H26N4S.HI/c1-3-16-8-4-6-11(16)10-15-12(13)14-7-5-9-17-2;/h11H,3-10H2,1-2H3,(H3,13,14,15);1H. The molecule has 1 fully saturated rings. The van der Waals surface area contributed by atoms with Gasteiger partial charge in [0.1, 0.15) is 0 Å². The van der Waals surface area contributed by atoms with Crippen LogP contribution in [0.4, 0.5) is 0 Å². The zero-order chi connectivity index (χ0) is 12.5. The highest BCUT2D eigenvalue weighted by Crippen LogP contribution is 2.16. The van der Waals surface area contributed by atoms with Crippen molar-refractivity contribution >= 4 is 41.7 Å². The number of likely N-dealkylation sites (N-methyl/N-ethyl adjacent to an activating group) is 1. The Balaban J connectivity index is 0.00000289. The molecule has 0 bridgehead atoms. The van der Waals surface area contributed by atoms with Gasteiger partial charge in [0.2, 0.25) is 0 Å². The fraction of sp³-hybridized carbons (Fsp3) is 0.917. The highest BCUT2D eigenvalue weighted by Gasteiger charge is 2.22. The Morgan fingerprint density at radius 1 is 1.56 bits per heavy atom. The van der Waals surface area contributed by atoms with Crippen molar-refractivity contribution in [2.24, 2.45) is 10.7 Å². The molecule has 108 valence electrons. The number of thioether (sulfide) groups is 1. The Kier molecular flexibility index (Phi) is 11.4. The molecule has 0 aromatic carbocycles. The van der Waals surface area contributed by atoms with Gasteiger partial charge in [-0.3, -0.25) is 9.89 Å². The molecular formula is C12H27IN4S. The largest absolute Gasteiger partial charge is 0.370 e. The van der Waals surface area contributed by atoms with Crippen LogP contribution < -0.4 is 11.1 Å². The molecule has 6 heteroatoms. The molecule has 0 amide bonds. The second kappa shape index (κ2) is 11.2. The highest BCUT2D eigenvalue weighted by atomic mass is 127. The Morgan fingerprint density at radius 3 is 3.00 bits per heavy atom. The van der Waals surface area contributed by atoms with Crippen LogP contribution in [-0.4, -0.2) is 55.1 Å². The zero-order valence-electron chi connectivity index (χ0n) is 11.5. The molecule has 0 radical (unpaired) electrons. The molecular weight excluding hydrogens is 359 g/mol. The van der Waals surface area contributed by atoms with E-state index in [4.69, 9.17) is 5.73 Å². The number of nitrogens with one attached hydrogen (secondary N) is 1. The van der Waals surface area contributed by atoms with Crippen molar-refractivity contribution in [2.75, 3.05) is 38.2 Å². The third-order valence-corrected chi connectivity index (χ3v) is 3.91. The number of guanidine groups is 1. The number of likely N-dealkylation sites (tertiary alicyclic amines) is 1. The highest BCUT2D eigenvalue weighted by molar-refractivity contribution is 14.0. The van der Waals surface area contributed by atoms with Crippen molar-refractivity contribution in [1.29, 1.82) is 0 Å². The summed E-state index contributed by atoms with van der Waals surface area (Å²) in [7, 11) is 0. The van der Waals surface area contributed by atoms with Crippen molar-refractivity contribution in [3.8, 4) is 0 Å². The molecule has 18 heavy (non-hydrogen) atoms. The van der Waals surface area contributed by atoms with Crippen LogP contribution in [-0.2, 0) is 0 Å². The van der Waals surface area contributed by atoms with Gasteiger partial charge in [-0.2, -0.15) is 11.8 Å². The molecule has 3 N–H and O–H groups in total. The average molecular weight is 386 g/mol. The SMILES string of the molecule is CCN1CCCC1CN=C(N)NCCCSC.I. The average Bonchev–Trinajstić information content (AvgIpc) is 2.79. The summed E-state index contributed by atoms with van der Waals surface area (Å²) < 4.78 is 0. The quantitative estimate of drug-likeness (QED) is 0.303. The minimum atomic E-state index is 0. The fourth-order valence-electron chi connectivity index (χ4n) is 2.21. The lowest BCUT2D eigenvalue weighted by molar-refractivity contribution is 0.273. The maximum Gasteiger partial charge on any atom is 0.188 e. The van der Waals surface area contributed by atoms with Crippen molar-refractivity contribution in [1.82, 2.24) is 10.2 Å². The maximum atomic E-state index is 5.83. The summed E-state index contributed by atoms with van der Waals surface area (Å²) in [6, 6.07) is 0.603. The number of nitrogens with zero attached hydrogens (tertiary/aromatic N) is 2. The van der Waals surface area contributed by atoms with Crippen molar-refractivity contribution < 1.29 is 0 Å². The molecule has 0 saturated carbocycles. The summed E-state index contributed by atoms with van der Waals surface area (Å²) >= 11 is 1.86. The second-order valence-electron chi connectivity index (χ2n) is 4.42. The molecule has 4 nitrogen and oxygen atoms in total. The van der Waals surface area contributed by atoms with E-state index in [1.165, 1.54) is 25.1 Å². The van der Waals surface area contributed by atoms with E-state index >= 15 is 0 Å². The first-order chi connectivity index (χ1) is 8.27.